The van der Waals surface area contributed by atoms with E-state index in [0.29, 0.717) is 25.6 Å². The zero-order valence-corrected chi connectivity index (χ0v) is 8.78. The van der Waals surface area contributed by atoms with Crippen LogP contribution in [0.25, 0.3) is 0 Å². The molecule has 0 radical (unpaired) electrons. The van der Waals surface area contributed by atoms with E-state index in [1.165, 1.54) is 13.4 Å². The highest BCUT2D eigenvalue weighted by Gasteiger charge is 2.11. The molecule has 0 aromatic carbocycles. The van der Waals surface area contributed by atoms with Crippen molar-refractivity contribution in [3.8, 4) is 0 Å². The summed E-state index contributed by atoms with van der Waals surface area (Å²) in [7, 11) is 2.93. The van der Waals surface area contributed by atoms with Crippen molar-refractivity contribution in [1.82, 2.24) is 10.3 Å². The van der Waals surface area contributed by atoms with E-state index < -0.39 is 5.97 Å². The number of oxazole rings is 1. The van der Waals surface area contributed by atoms with Gasteiger partial charge in [-0.2, -0.15) is 0 Å². The summed E-state index contributed by atoms with van der Waals surface area (Å²) in [5, 5.41) is 3.04. The molecule has 0 fully saturated rings. The van der Waals surface area contributed by atoms with Crippen LogP contribution in [0.15, 0.2) is 10.7 Å². The second-order valence-corrected chi connectivity index (χ2v) is 2.79. The Labute approximate surface area is 87.6 Å². The number of hydrogen-bond donors (Lipinski definition) is 1. The van der Waals surface area contributed by atoms with E-state index >= 15 is 0 Å². The lowest BCUT2D eigenvalue weighted by Gasteiger charge is -1.99. The molecule has 0 unspecified atom stereocenters. The molecule has 6 heteroatoms. The third kappa shape index (κ3) is 3.69. The summed E-state index contributed by atoms with van der Waals surface area (Å²) in [6.07, 6.45) is 1.28. The van der Waals surface area contributed by atoms with Crippen LogP contribution in [-0.2, 0) is 16.0 Å². The lowest BCUT2D eigenvalue weighted by Crippen LogP contribution is -2.18. The number of nitrogens with one attached hydrogen (secondary N) is 1. The second kappa shape index (κ2) is 6.15. The van der Waals surface area contributed by atoms with E-state index in [1.807, 2.05) is 0 Å². The summed E-state index contributed by atoms with van der Waals surface area (Å²) in [5.74, 6) is -0.0478. The van der Waals surface area contributed by atoms with Crippen molar-refractivity contribution in [2.24, 2.45) is 0 Å². The fraction of sp³-hybridized carbons (Fsp3) is 0.556. The Morgan fingerprint density at radius 3 is 3.07 bits per heavy atom. The highest BCUT2D eigenvalue weighted by molar-refractivity contribution is 5.86. The van der Waals surface area contributed by atoms with Gasteiger partial charge >= 0.3 is 5.97 Å². The maximum absolute atomic E-state index is 11.0. The maximum atomic E-state index is 11.0. The van der Waals surface area contributed by atoms with Crippen molar-refractivity contribution < 1.29 is 18.7 Å². The normalized spacial score (nSPS) is 10.3. The van der Waals surface area contributed by atoms with E-state index in [4.69, 9.17) is 9.15 Å². The Hall–Kier alpha value is -1.40. The summed E-state index contributed by atoms with van der Waals surface area (Å²) >= 11 is 0. The molecule has 6 nitrogen and oxygen atoms in total. The van der Waals surface area contributed by atoms with Crippen molar-refractivity contribution in [3.63, 3.8) is 0 Å². The highest BCUT2D eigenvalue weighted by atomic mass is 16.5. The zero-order valence-electron chi connectivity index (χ0n) is 8.78. The van der Waals surface area contributed by atoms with Gasteiger partial charge in [0.1, 0.15) is 6.26 Å². The summed E-state index contributed by atoms with van der Waals surface area (Å²) in [5.41, 5.74) is 0.182. The minimum absolute atomic E-state index is 0.182. The van der Waals surface area contributed by atoms with Gasteiger partial charge in [0.05, 0.1) is 20.3 Å². The second-order valence-electron chi connectivity index (χ2n) is 2.79. The summed E-state index contributed by atoms with van der Waals surface area (Å²) in [6, 6.07) is 0. The molecule has 15 heavy (non-hydrogen) atoms. The number of methoxy groups -OCH3 is 2. The van der Waals surface area contributed by atoms with Crippen LogP contribution in [0.5, 0.6) is 0 Å². The summed E-state index contributed by atoms with van der Waals surface area (Å²) in [6.45, 7) is 1.78. The number of aromatic nitrogens is 1. The largest absolute Gasteiger partial charge is 0.464 e. The molecular formula is C9H14N2O4. The first kappa shape index (κ1) is 11.7. The predicted octanol–water partition coefficient (Wildman–Crippen LogP) is 0.197. The molecule has 0 saturated carbocycles. The molecule has 1 N–H and O–H groups in total. The van der Waals surface area contributed by atoms with E-state index in [1.54, 1.807) is 7.11 Å². The Bertz CT molecular complexity index is 311. The summed E-state index contributed by atoms with van der Waals surface area (Å²) < 4.78 is 14.4. The first-order valence-corrected chi connectivity index (χ1v) is 4.50. The van der Waals surface area contributed by atoms with Crippen molar-refractivity contribution in [1.29, 1.82) is 0 Å². The van der Waals surface area contributed by atoms with Gasteiger partial charge in [0.25, 0.3) is 0 Å². The Morgan fingerprint density at radius 2 is 2.40 bits per heavy atom. The van der Waals surface area contributed by atoms with Gasteiger partial charge in [0.15, 0.2) is 5.69 Å². The number of esters is 1. The number of carbonyl (C=O) groups is 1. The van der Waals surface area contributed by atoms with Crippen LogP contribution >= 0.6 is 0 Å². The molecule has 0 aliphatic rings. The van der Waals surface area contributed by atoms with E-state index in [-0.39, 0.29) is 5.69 Å². The smallest absolute Gasteiger partial charge is 0.360 e. The zero-order chi connectivity index (χ0) is 11.1. The first-order valence-electron chi connectivity index (χ1n) is 4.50. The molecule has 0 atom stereocenters. The fourth-order valence-corrected chi connectivity index (χ4v) is 0.960. The van der Waals surface area contributed by atoms with Crippen molar-refractivity contribution >= 4 is 5.97 Å². The predicted molar refractivity (Wildman–Crippen MR) is 51.4 cm³/mol. The SMILES string of the molecule is COCCNCc1nc(C(=O)OC)co1. The number of hydrogen-bond acceptors (Lipinski definition) is 6. The number of nitrogens with zero attached hydrogens (tertiary/aromatic N) is 1. The quantitative estimate of drug-likeness (QED) is 0.538. The van der Waals surface area contributed by atoms with Crippen molar-refractivity contribution in [2.75, 3.05) is 27.4 Å². The van der Waals surface area contributed by atoms with E-state index in [9.17, 15) is 4.79 Å². The molecule has 0 amide bonds. The molecule has 84 valence electrons. The molecule has 0 bridgehead atoms. The lowest BCUT2D eigenvalue weighted by atomic mass is 10.5. The van der Waals surface area contributed by atoms with Gasteiger partial charge in [-0.05, 0) is 0 Å². The van der Waals surface area contributed by atoms with Crippen LogP contribution in [0, 0.1) is 0 Å². The molecule has 1 heterocycles. The number of ether oxygens (including phenoxy) is 2. The minimum Gasteiger partial charge on any atom is -0.464 e. The van der Waals surface area contributed by atoms with Gasteiger partial charge < -0.3 is 19.2 Å². The van der Waals surface area contributed by atoms with E-state index in [0.717, 1.165) is 0 Å². The van der Waals surface area contributed by atoms with Crippen LogP contribution in [0.1, 0.15) is 16.4 Å². The van der Waals surface area contributed by atoms with Gasteiger partial charge in [-0.1, -0.05) is 0 Å². The van der Waals surface area contributed by atoms with Crippen LogP contribution in [0.4, 0.5) is 0 Å². The minimum atomic E-state index is -0.498. The molecule has 1 aromatic rings. The van der Waals surface area contributed by atoms with Crippen LogP contribution in [-0.4, -0.2) is 38.3 Å². The molecule has 0 aliphatic heterocycles. The number of rotatable bonds is 6. The Balaban J connectivity index is 2.36. The van der Waals surface area contributed by atoms with Crippen LogP contribution in [0.3, 0.4) is 0 Å². The average Bonchev–Trinajstić information content (AvgIpc) is 2.72. The first-order chi connectivity index (χ1) is 7.27. The standard InChI is InChI=1S/C9H14N2O4/c1-13-4-3-10-5-8-11-7(6-15-8)9(12)14-2/h6,10H,3-5H2,1-2H3. The van der Waals surface area contributed by atoms with Gasteiger partial charge in [0, 0.05) is 13.7 Å². The summed E-state index contributed by atoms with van der Waals surface area (Å²) in [4.78, 5) is 15.0. The molecule has 0 saturated heterocycles. The molecule has 0 aliphatic carbocycles. The third-order valence-electron chi connectivity index (χ3n) is 1.71. The lowest BCUT2D eigenvalue weighted by molar-refractivity contribution is 0.0594. The van der Waals surface area contributed by atoms with Gasteiger partial charge in [-0.25, -0.2) is 9.78 Å². The number of carbonyl (C=O) groups excluding carboxylic acids is 1. The van der Waals surface area contributed by atoms with Crippen LogP contribution < -0.4 is 5.32 Å². The Morgan fingerprint density at radius 1 is 1.60 bits per heavy atom. The molecule has 0 spiro atoms. The molecule has 1 rings (SSSR count). The third-order valence-corrected chi connectivity index (χ3v) is 1.71. The average molecular weight is 214 g/mol. The highest BCUT2D eigenvalue weighted by Crippen LogP contribution is 2.02. The van der Waals surface area contributed by atoms with Gasteiger partial charge in [-0.3, -0.25) is 0 Å². The monoisotopic (exact) mass is 214 g/mol. The van der Waals surface area contributed by atoms with Crippen molar-refractivity contribution in [2.45, 2.75) is 6.54 Å². The topological polar surface area (TPSA) is 73.6 Å². The fourth-order valence-electron chi connectivity index (χ4n) is 0.960. The van der Waals surface area contributed by atoms with Gasteiger partial charge in [0.2, 0.25) is 5.89 Å². The maximum Gasteiger partial charge on any atom is 0.360 e. The van der Waals surface area contributed by atoms with Gasteiger partial charge in [-0.15, -0.1) is 0 Å². The molecular weight excluding hydrogens is 200 g/mol. The molecule has 1 aromatic heterocycles. The van der Waals surface area contributed by atoms with E-state index in [2.05, 4.69) is 15.0 Å². The van der Waals surface area contributed by atoms with Crippen molar-refractivity contribution in [3.05, 3.63) is 17.8 Å². The van der Waals surface area contributed by atoms with Crippen LogP contribution in [0.2, 0.25) is 0 Å². The Kier molecular flexibility index (Phi) is 4.79.